The molecule has 5 atom stereocenters. The van der Waals surface area contributed by atoms with Crippen molar-refractivity contribution in [2.24, 2.45) is 0 Å². The van der Waals surface area contributed by atoms with Crippen molar-refractivity contribution in [3.63, 3.8) is 0 Å². The Morgan fingerprint density at radius 3 is 1.50 bits per heavy atom. The summed E-state index contributed by atoms with van der Waals surface area (Å²) in [4.78, 5) is 11.6. The molecule has 0 aromatic heterocycles. The SMILES string of the molecule is COc1cc(C=C(C)C(=O)O)cc(OC)c1O[C@H]1O[C@H](COCc2ccccc2)[C@@H](OCc2ccccc2)[C@H](OCc2ccccc2)[C@@H]1OCc1ccccc1. The Morgan fingerprint density at radius 1 is 0.625 bits per heavy atom. The third-order valence-electron chi connectivity index (χ3n) is 9.28. The standard InChI is InChI=1S/C46H48O10/c1-32(45(47)48)24-37-25-38(49-2)41(39(26-37)50-3)56-46-44(54-30-36-22-14-7-15-23-36)43(53-29-35-20-12-6-13-21-35)42(52-28-34-18-10-5-11-19-34)40(55-46)31-51-27-33-16-8-4-9-17-33/h4-26,40,42-44,46H,27-31H2,1-3H3,(H,47,48)/t40-,42-,43+,44+,46-/m1/s1. The molecule has 0 saturated carbocycles. The molecule has 5 aromatic carbocycles. The lowest BCUT2D eigenvalue weighted by Gasteiger charge is -2.45. The third kappa shape index (κ3) is 11.1. The fourth-order valence-corrected chi connectivity index (χ4v) is 6.37. The summed E-state index contributed by atoms with van der Waals surface area (Å²) < 4.78 is 51.9. The molecule has 1 heterocycles. The summed E-state index contributed by atoms with van der Waals surface area (Å²) in [6.45, 7) is 2.81. The molecule has 0 bridgehead atoms. The van der Waals surface area contributed by atoms with Crippen molar-refractivity contribution in [3.05, 3.63) is 167 Å². The van der Waals surface area contributed by atoms with Crippen molar-refractivity contribution < 1.29 is 47.8 Å². The molecule has 6 rings (SSSR count). The van der Waals surface area contributed by atoms with E-state index in [1.54, 1.807) is 12.1 Å². The first-order valence-corrected chi connectivity index (χ1v) is 18.5. The fraction of sp³-hybridized carbons (Fsp3) is 0.283. The van der Waals surface area contributed by atoms with Crippen LogP contribution in [0.2, 0.25) is 0 Å². The van der Waals surface area contributed by atoms with Crippen molar-refractivity contribution in [1.82, 2.24) is 0 Å². The summed E-state index contributed by atoms with van der Waals surface area (Å²) in [7, 11) is 3.01. The number of carbonyl (C=O) groups is 1. The maximum Gasteiger partial charge on any atom is 0.331 e. The Bertz CT molecular complexity index is 1950. The zero-order valence-electron chi connectivity index (χ0n) is 31.8. The van der Waals surface area contributed by atoms with Crippen LogP contribution in [-0.2, 0) is 54.9 Å². The zero-order chi connectivity index (χ0) is 39.1. The molecule has 10 nitrogen and oxygen atoms in total. The fourth-order valence-electron chi connectivity index (χ4n) is 6.37. The van der Waals surface area contributed by atoms with Crippen LogP contribution >= 0.6 is 0 Å². The molecular formula is C46H48O10. The molecule has 1 aliphatic rings. The van der Waals surface area contributed by atoms with Crippen molar-refractivity contribution in [1.29, 1.82) is 0 Å². The van der Waals surface area contributed by atoms with Gasteiger partial charge in [0.05, 0.1) is 47.3 Å². The van der Waals surface area contributed by atoms with E-state index in [4.69, 9.17) is 37.9 Å². The van der Waals surface area contributed by atoms with E-state index in [0.29, 0.717) is 30.3 Å². The van der Waals surface area contributed by atoms with Gasteiger partial charge in [-0.15, -0.1) is 0 Å². The molecule has 1 saturated heterocycles. The molecule has 1 N–H and O–H groups in total. The van der Waals surface area contributed by atoms with Crippen molar-refractivity contribution in [2.75, 3.05) is 20.8 Å². The van der Waals surface area contributed by atoms with Crippen molar-refractivity contribution >= 4 is 12.0 Å². The molecule has 1 fully saturated rings. The first-order valence-electron chi connectivity index (χ1n) is 18.5. The number of ether oxygens (including phenoxy) is 8. The minimum Gasteiger partial charge on any atom is -0.493 e. The van der Waals surface area contributed by atoms with Gasteiger partial charge in [0, 0.05) is 5.57 Å². The Balaban J connectivity index is 1.40. The highest BCUT2D eigenvalue weighted by Gasteiger charge is 2.50. The highest BCUT2D eigenvalue weighted by atomic mass is 16.7. The minimum absolute atomic E-state index is 0.145. The second kappa shape index (κ2) is 20.4. The average molecular weight is 761 g/mol. The molecule has 10 heteroatoms. The molecule has 5 aromatic rings. The van der Waals surface area contributed by atoms with Crippen LogP contribution in [0.4, 0.5) is 0 Å². The Kier molecular flexibility index (Phi) is 14.7. The number of methoxy groups -OCH3 is 2. The van der Waals surface area contributed by atoms with Crippen LogP contribution in [0.25, 0.3) is 6.08 Å². The summed E-state index contributed by atoms with van der Waals surface area (Å²) in [5.74, 6) is -0.184. The minimum atomic E-state index is -1.08. The van der Waals surface area contributed by atoms with Gasteiger partial charge in [-0.3, -0.25) is 0 Å². The van der Waals surface area contributed by atoms with Gasteiger partial charge in [-0.2, -0.15) is 0 Å². The smallest absolute Gasteiger partial charge is 0.331 e. The Morgan fingerprint density at radius 2 is 1.05 bits per heavy atom. The number of hydrogen-bond donors (Lipinski definition) is 1. The van der Waals surface area contributed by atoms with Crippen molar-refractivity contribution in [2.45, 2.75) is 64.1 Å². The number of rotatable bonds is 19. The summed E-state index contributed by atoms with van der Waals surface area (Å²) in [5, 5.41) is 9.53. The molecule has 1 aliphatic heterocycles. The predicted molar refractivity (Wildman–Crippen MR) is 211 cm³/mol. The molecule has 56 heavy (non-hydrogen) atoms. The molecule has 0 spiro atoms. The van der Waals surface area contributed by atoms with E-state index in [-0.39, 0.29) is 31.1 Å². The van der Waals surface area contributed by atoms with E-state index in [0.717, 1.165) is 22.3 Å². The van der Waals surface area contributed by atoms with Gasteiger partial charge in [-0.1, -0.05) is 121 Å². The van der Waals surface area contributed by atoms with E-state index in [1.807, 2.05) is 121 Å². The predicted octanol–water partition coefficient (Wildman–Crippen LogP) is 8.27. The highest BCUT2D eigenvalue weighted by molar-refractivity contribution is 5.91. The first kappa shape index (κ1) is 40.2. The molecule has 0 radical (unpaired) electrons. The number of aliphatic carboxylic acids is 1. The van der Waals surface area contributed by atoms with Gasteiger partial charge in [0.2, 0.25) is 12.0 Å². The van der Waals surface area contributed by atoms with E-state index < -0.39 is 36.7 Å². The lowest BCUT2D eigenvalue weighted by molar-refractivity contribution is -0.310. The maximum absolute atomic E-state index is 11.6. The van der Waals surface area contributed by atoms with Crippen LogP contribution in [0.3, 0.4) is 0 Å². The normalized spacial score (nSPS) is 19.6. The summed E-state index contributed by atoms with van der Waals surface area (Å²) in [6.07, 6.45) is -2.45. The summed E-state index contributed by atoms with van der Waals surface area (Å²) in [6, 6.07) is 43.0. The second-order valence-electron chi connectivity index (χ2n) is 13.3. The number of carboxylic acids is 1. The topological polar surface area (TPSA) is 111 Å². The van der Waals surface area contributed by atoms with Crippen LogP contribution in [0.5, 0.6) is 17.2 Å². The number of hydrogen-bond acceptors (Lipinski definition) is 9. The van der Waals surface area contributed by atoms with E-state index in [9.17, 15) is 9.90 Å². The first-order chi connectivity index (χ1) is 27.4. The number of carboxylic acid groups (broad SMARTS) is 1. The van der Waals surface area contributed by atoms with Gasteiger partial charge < -0.3 is 43.0 Å². The largest absolute Gasteiger partial charge is 0.493 e. The highest BCUT2D eigenvalue weighted by Crippen LogP contribution is 2.42. The molecule has 292 valence electrons. The van der Waals surface area contributed by atoms with Crippen LogP contribution in [0.1, 0.15) is 34.7 Å². The van der Waals surface area contributed by atoms with Crippen LogP contribution in [0, 0.1) is 0 Å². The molecule has 0 aliphatic carbocycles. The van der Waals surface area contributed by atoms with Gasteiger partial charge in [0.1, 0.15) is 24.4 Å². The van der Waals surface area contributed by atoms with Crippen LogP contribution in [0.15, 0.2) is 139 Å². The lowest BCUT2D eigenvalue weighted by atomic mass is 9.97. The van der Waals surface area contributed by atoms with Gasteiger partial charge in [-0.05, 0) is 52.9 Å². The maximum atomic E-state index is 11.6. The summed E-state index contributed by atoms with van der Waals surface area (Å²) in [5.41, 5.74) is 4.62. The van der Waals surface area contributed by atoms with Gasteiger partial charge >= 0.3 is 5.97 Å². The third-order valence-corrected chi connectivity index (χ3v) is 9.28. The zero-order valence-corrected chi connectivity index (χ0v) is 31.8. The molecule has 0 amide bonds. The molecule has 0 unspecified atom stereocenters. The quantitative estimate of drug-likeness (QED) is 0.0826. The Labute approximate surface area is 328 Å². The summed E-state index contributed by atoms with van der Waals surface area (Å²) >= 11 is 0. The second-order valence-corrected chi connectivity index (χ2v) is 13.3. The number of benzene rings is 5. The van der Waals surface area contributed by atoms with Gasteiger partial charge in [-0.25, -0.2) is 4.79 Å². The van der Waals surface area contributed by atoms with E-state index >= 15 is 0 Å². The van der Waals surface area contributed by atoms with Gasteiger partial charge in [0.15, 0.2) is 11.5 Å². The lowest BCUT2D eigenvalue weighted by Crippen LogP contribution is -2.62. The average Bonchev–Trinajstić information content (AvgIpc) is 3.23. The van der Waals surface area contributed by atoms with Gasteiger partial charge in [0.25, 0.3) is 0 Å². The van der Waals surface area contributed by atoms with Crippen molar-refractivity contribution in [3.8, 4) is 17.2 Å². The monoisotopic (exact) mass is 760 g/mol. The van der Waals surface area contributed by atoms with Crippen LogP contribution in [-0.4, -0.2) is 62.6 Å². The Hall–Kier alpha value is -5.49. The van der Waals surface area contributed by atoms with Crippen LogP contribution < -0.4 is 14.2 Å². The van der Waals surface area contributed by atoms with E-state index in [2.05, 4.69) is 0 Å². The van der Waals surface area contributed by atoms with E-state index in [1.165, 1.54) is 27.2 Å². The molecular weight excluding hydrogens is 712 g/mol.